The quantitative estimate of drug-likeness (QED) is 0.827. The number of rotatable bonds is 4. The van der Waals surface area contributed by atoms with E-state index in [0.717, 1.165) is 0 Å². The molecule has 0 unspecified atom stereocenters. The van der Waals surface area contributed by atoms with E-state index in [1.165, 1.54) is 24.3 Å². The number of likely N-dealkylation sites (N-methyl/N-ethyl adjacent to an activating group) is 1. The van der Waals surface area contributed by atoms with Crippen molar-refractivity contribution in [2.24, 2.45) is 5.41 Å². The first-order valence-corrected chi connectivity index (χ1v) is 9.13. The largest absolute Gasteiger partial charge is 0.573 e. The van der Waals surface area contributed by atoms with Crippen LogP contribution in [0.4, 0.5) is 13.2 Å². The molecule has 1 aromatic heterocycles. The van der Waals surface area contributed by atoms with E-state index in [1.54, 1.807) is 0 Å². The maximum Gasteiger partial charge on any atom is 0.573 e. The van der Waals surface area contributed by atoms with Gasteiger partial charge in [0.15, 0.2) is 0 Å². The number of aromatic nitrogens is 2. The summed E-state index contributed by atoms with van der Waals surface area (Å²) in [5.41, 5.74) is 0.0313. The van der Waals surface area contributed by atoms with Crippen molar-refractivity contribution in [2.45, 2.75) is 45.6 Å². The average molecular weight is 412 g/mol. The SMILES string of the molecule is CN1C[C@H](NC(=O)C(C)(C)C)C[C@H]1c1nc(-c2ccc(OC(F)(F)F)cc2)no1. The molecule has 1 amide bonds. The monoisotopic (exact) mass is 412 g/mol. The Morgan fingerprint density at radius 1 is 1.24 bits per heavy atom. The molecule has 29 heavy (non-hydrogen) atoms. The van der Waals surface area contributed by atoms with Crippen molar-refractivity contribution in [3.63, 3.8) is 0 Å². The number of alkyl halides is 3. The summed E-state index contributed by atoms with van der Waals surface area (Å²) in [5.74, 6) is 0.321. The van der Waals surface area contributed by atoms with Crippen LogP contribution >= 0.6 is 0 Å². The average Bonchev–Trinajstić information content (AvgIpc) is 3.20. The Morgan fingerprint density at radius 3 is 2.48 bits per heavy atom. The number of halogens is 3. The van der Waals surface area contributed by atoms with Crippen molar-refractivity contribution < 1.29 is 27.2 Å². The number of nitrogens with zero attached hydrogens (tertiary/aromatic N) is 3. The molecule has 1 aliphatic rings. The topological polar surface area (TPSA) is 80.5 Å². The highest BCUT2D eigenvalue weighted by atomic mass is 19.4. The predicted octanol–water partition coefficient (Wildman–Crippen LogP) is 3.54. The second-order valence-electron chi connectivity index (χ2n) is 8.14. The minimum atomic E-state index is -4.74. The third-order valence-corrected chi connectivity index (χ3v) is 4.64. The van der Waals surface area contributed by atoms with Crippen LogP contribution in [0.1, 0.15) is 39.1 Å². The van der Waals surface area contributed by atoms with Gasteiger partial charge in [0.1, 0.15) is 5.75 Å². The molecule has 158 valence electrons. The molecule has 2 aromatic rings. The smallest absolute Gasteiger partial charge is 0.406 e. The molecule has 1 fully saturated rings. The van der Waals surface area contributed by atoms with Gasteiger partial charge >= 0.3 is 6.36 Å². The van der Waals surface area contributed by atoms with Crippen LogP contribution in [0.3, 0.4) is 0 Å². The first-order chi connectivity index (χ1) is 13.4. The lowest BCUT2D eigenvalue weighted by molar-refractivity contribution is -0.274. The second-order valence-corrected chi connectivity index (χ2v) is 8.14. The molecule has 3 rings (SSSR count). The van der Waals surface area contributed by atoms with E-state index < -0.39 is 11.8 Å². The van der Waals surface area contributed by atoms with E-state index in [-0.39, 0.29) is 29.6 Å². The van der Waals surface area contributed by atoms with Crippen LogP contribution in [0.15, 0.2) is 28.8 Å². The van der Waals surface area contributed by atoms with Gasteiger partial charge in [0, 0.05) is 23.6 Å². The van der Waals surface area contributed by atoms with Gasteiger partial charge in [-0.2, -0.15) is 4.98 Å². The standard InChI is InChI=1S/C19H23F3N4O3/c1-18(2,3)17(27)23-12-9-14(26(4)10-12)16-24-15(25-29-16)11-5-7-13(8-6-11)28-19(20,21)22/h5-8,12,14H,9-10H2,1-4H3,(H,23,27)/t12-,14+/m1/s1. The van der Waals surface area contributed by atoms with Crippen LogP contribution in [0, 0.1) is 5.41 Å². The zero-order chi connectivity index (χ0) is 21.4. The summed E-state index contributed by atoms with van der Waals surface area (Å²) < 4.78 is 46.0. The van der Waals surface area contributed by atoms with Crippen molar-refractivity contribution in [3.05, 3.63) is 30.2 Å². The molecule has 10 heteroatoms. The number of carbonyl (C=O) groups excluding carboxylic acids is 1. The van der Waals surface area contributed by atoms with E-state index in [4.69, 9.17) is 4.52 Å². The minimum absolute atomic E-state index is 0.0241. The molecule has 1 aliphatic heterocycles. The molecule has 0 bridgehead atoms. The molecule has 1 N–H and O–H groups in total. The lowest BCUT2D eigenvalue weighted by Gasteiger charge is -2.21. The Morgan fingerprint density at radius 2 is 1.90 bits per heavy atom. The number of hydrogen-bond acceptors (Lipinski definition) is 6. The highest BCUT2D eigenvalue weighted by Gasteiger charge is 2.36. The van der Waals surface area contributed by atoms with Gasteiger partial charge in [0.25, 0.3) is 0 Å². The highest BCUT2D eigenvalue weighted by Crippen LogP contribution is 2.32. The van der Waals surface area contributed by atoms with Gasteiger partial charge in [-0.3, -0.25) is 9.69 Å². The number of carbonyl (C=O) groups is 1. The fourth-order valence-electron chi connectivity index (χ4n) is 3.09. The van der Waals surface area contributed by atoms with Gasteiger partial charge < -0.3 is 14.6 Å². The molecule has 2 heterocycles. The molecule has 0 radical (unpaired) electrons. The van der Waals surface area contributed by atoms with E-state index in [1.807, 2.05) is 32.7 Å². The van der Waals surface area contributed by atoms with Crippen LogP contribution in [-0.4, -0.2) is 46.9 Å². The Bertz CT molecular complexity index is 859. The number of ether oxygens (including phenoxy) is 1. The predicted molar refractivity (Wildman–Crippen MR) is 97.8 cm³/mol. The maximum absolute atomic E-state index is 12.3. The molecule has 2 atom stereocenters. The molecule has 1 aromatic carbocycles. The second kappa shape index (κ2) is 7.66. The first-order valence-electron chi connectivity index (χ1n) is 9.13. The van der Waals surface area contributed by atoms with E-state index in [0.29, 0.717) is 24.4 Å². The van der Waals surface area contributed by atoms with Crippen molar-refractivity contribution >= 4 is 5.91 Å². The van der Waals surface area contributed by atoms with Gasteiger partial charge in [-0.15, -0.1) is 13.2 Å². The molecule has 7 nitrogen and oxygen atoms in total. The Balaban J connectivity index is 1.67. The zero-order valence-electron chi connectivity index (χ0n) is 16.6. The van der Waals surface area contributed by atoms with Gasteiger partial charge in [-0.05, 0) is 37.7 Å². The summed E-state index contributed by atoms with van der Waals surface area (Å²) in [6.07, 6.45) is -4.12. The summed E-state index contributed by atoms with van der Waals surface area (Å²) in [4.78, 5) is 18.6. The number of nitrogens with one attached hydrogen (secondary N) is 1. The summed E-state index contributed by atoms with van der Waals surface area (Å²) in [5, 5.41) is 6.97. The summed E-state index contributed by atoms with van der Waals surface area (Å²) in [6, 6.07) is 5.05. The Kier molecular flexibility index (Phi) is 5.57. The van der Waals surface area contributed by atoms with Gasteiger partial charge in [0.05, 0.1) is 6.04 Å². The third kappa shape index (κ3) is 5.26. The van der Waals surface area contributed by atoms with E-state index in [9.17, 15) is 18.0 Å². The Labute approximate surface area is 166 Å². The molecule has 0 saturated carbocycles. The van der Waals surface area contributed by atoms with Gasteiger partial charge in [0.2, 0.25) is 17.6 Å². The number of amides is 1. The van der Waals surface area contributed by atoms with E-state index in [2.05, 4.69) is 20.2 Å². The first kappa shape index (κ1) is 21.1. The lowest BCUT2D eigenvalue weighted by atomic mass is 9.95. The van der Waals surface area contributed by atoms with Crippen LogP contribution in [-0.2, 0) is 4.79 Å². The summed E-state index contributed by atoms with van der Waals surface area (Å²) in [7, 11) is 1.90. The van der Waals surface area contributed by atoms with Crippen molar-refractivity contribution in [2.75, 3.05) is 13.6 Å². The number of likely N-dealkylation sites (tertiary alicyclic amines) is 1. The van der Waals surface area contributed by atoms with E-state index >= 15 is 0 Å². The molecular formula is C19H23F3N4O3. The van der Waals surface area contributed by atoms with Crippen molar-refractivity contribution in [3.8, 4) is 17.1 Å². The molecule has 0 spiro atoms. The van der Waals surface area contributed by atoms with Gasteiger partial charge in [-0.1, -0.05) is 25.9 Å². The maximum atomic E-state index is 12.3. The van der Waals surface area contributed by atoms with Gasteiger partial charge in [-0.25, -0.2) is 0 Å². The molecule has 1 saturated heterocycles. The molecule has 0 aliphatic carbocycles. The van der Waals surface area contributed by atoms with Crippen LogP contribution in [0.25, 0.3) is 11.4 Å². The fourth-order valence-corrected chi connectivity index (χ4v) is 3.09. The summed E-state index contributed by atoms with van der Waals surface area (Å²) >= 11 is 0. The Hall–Kier alpha value is -2.62. The van der Waals surface area contributed by atoms with Crippen LogP contribution in [0.2, 0.25) is 0 Å². The minimum Gasteiger partial charge on any atom is -0.406 e. The lowest BCUT2D eigenvalue weighted by Crippen LogP contribution is -2.42. The summed E-state index contributed by atoms with van der Waals surface area (Å²) in [6.45, 7) is 6.21. The normalized spacial score (nSPS) is 20.7. The third-order valence-electron chi connectivity index (χ3n) is 4.64. The van der Waals surface area contributed by atoms with Crippen molar-refractivity contribution in [1.82, 2.24) is 20.4 Å². The van der Waals surface area contributed by atoms with Crippen molar-refractivity contribution in [1.29, 1.82) is 0 Å². The fraction of sp³-hybridized carbons (Fsp3) is 0.526. The highest BCUT2D eigenvalue weighted by molar-refractivity contribution is 5.81. The number of hydrogen-bond donors (Lipinski definition) is 1. The van der Waals surface area contributed by atoms with Crippen LogP contribution < -0.4 is 10.1 Å². The van der Waals surface area contributed by atoms with Crippen LogP contribution in [0.5, 0.6) is 5.75 Å². The molecular weight excluding hydrogens is 389 g/mol. The number of benzene rings is 1. The zero-order valence-corrected chi connectivity index (χ0v) is 16.6.